The van der Waals surface area contributed by atoms with Crippen LogP contribution < -0.4 is 10.2 Å². The maximum atomic E-state index is 4.57. The van der Waals surface area contributed by atoms with E-state index in [0.717, 1.165) is 56.7 Å². The Bertz CT molecular complexity index is 580. The van der Waals surface area contributed by atoms with Crippen LogP contribution >= 0.6 is 0 Å². The zero-order valence-corrected chi connectivity index (χ0v) is 12.9. The van der Waals surface area contributed by atoms with Crippen molar-refractivity contribution in [2.24, 2.45) is 0 Å². The monoisotopic (exact) mass is 298 g/mol. The van der Waals surface area contributed by atoms with Crippen molar-refractivity contribution < 1.29 is 0 Å². The van der Waals surface area contributed by atoms with Crippen LogP contribution in [0.5, 0.6) is 0 Å². The summed E-state index contributed by atoms with van der Waals surface area (Å²) in [6.45, 7) is 7.75. The first kappa shape index (κ1) is 14.7. The molecule has 1 fully saturated rings. The first-order valence-corrected chi connectivity index (χ1v) is 7.79. The summed E-state index contributed by atoms with van der Waals surface area (Å²) in [5.74, 6) is 1.71. The van der Waals surface area contributed by atoms with Crippen LogP contribution in [-0.2, 0) is 6.54 Å². The first-order chi connectivity index (χ1) is 10.8. The quantitative estimate of drug-likeness (QED) is 0.905. The van der Waals surface area contributed by atoms with Crippen molar-refractivity contribution in [2.75, 3.05) is 42.9 Å². The Morgan fingerprint density at radius 2 is 1.91 bits per heavy atom. The highest BCUT2D eigenvalue weighted by molar-refractivity contribution is 5.41. The molecule has 0 amide bonds. The summed E-state index contributed by atoms with van der Waals surface area (Å²) in [5.41, 5.74) is 1.13. The third kappa shape index (κ3) is 3.71. The average molecular weight is 298 g/mol. The lowest BCUT2D eigenvalue weighted by Gasteiger charge is -2.34. The summed E-state index contributed by atoms with van der Waals surface area (Å²) < 4.78 is 0. The lowest BCUT2D eigenvalue weighted by atomic mass is 10.3. The van der Waals surface area contributed by atoms with Gasteiger partial charge in [0, 0.05) is 51.7 Å². The van der Waals surface area contributed by atoms with Crippen molar-refractivity contribution in [1.29, 1.82) is 0 Å². The molecule has 6 nitrogen and oxygen atoms in total. The van der Waals surface area contributed by atoms with Crippen molar-refractivity contribution in [3.8, 4) is 0 Å². The van der Waals surface area contributed by atoms with Gasteiger partial charge in [0.2, 0.25) is 5.95 Å². The topological polar surface area (TPSA) is 57.2 Å². The molecule has 2 aromatic heterocycles. The number of aromatic nitrogens is 3. The van der Waals surface area contributed by atoms with Gasteiger partial charge in [0.25, 0.3) is 0 Å². The minimum atomic E-state index is 0.816. The Hall–Kier alpha value is -2.21. The van der Waals surface area contributed by atoms with Gasteiger partial charge in [-0.2, -0.15) is 4.98 Å². The van der Waals surface area contributed by atoms with Gasteiger partial charge >= 0.3 is 0 Å². The highest BCUT2D eigenvalue weighted by atomic mass is 15.3. The fraction of sp³-hybridized carbons (Fsp3) is 0.438. The molecule has 0 bridgehead atoms. The van der Waals surface area contributed by atoms with Crippen molar-refractivity contribution in [3.63, 3.8) is 0 Å². The molecule has 1 aliphatic heterocycles. The van der Waals surface area contributed by atoms with Gasteiger partial charge in [-0.1, -0.05) is 6.07 Å². The molecular formula is C16H22N6. The zero-order valence-electron chi connectivity index (χ0n) is 12.9. The summed E-state index contributed by atoms with van der Waals surface area (Å²) in [4.78, 5) is 18.0. The first-order valence-electron chi connectivity index (χ1n) is 7.79. The molecule has 1 aliphatic rings. The van der Waals surface area contributed by atoms with Crippen molar-refractivity contribution in [1.82, 2.24) is 19.9 Å². The summed E-state index contributed by atoms with van der Waals surface area (Å²) in [7, 11) is 0. The maximum absolute atomic E-state index is 4.57. The SMILES string of the molecule is CCNc1ccnc(N2CCN(Cc3ccccn3)CC2)n1. The summed E-state index contributed by atoms with van der Waals surface area (Å²) in [6.07, 6.45) is 3.67. The molecule has 6 heteroatoms. The van der Waals surface area contributed by atoms with Crippen LogP contribution in [0.2, 0.25) is 0 Å². The molecule has 0 aromatic carbocycles. The summed E-state index contributed by atoms with van der Waals surface area (Å²) >= 11 is 0. The van der Waals surface area contributed by atoms with E-state index in [0.29, 0.717) is 0 Å². The van der Waals surface area contributed by atoms with E-state index in [9.17, 15) is 0 Å². The number of nitrogens with one attached hydrogen (secondary N) is 1. The third-order valence-electron chi connectivity index (χ3n) is 3.77. The van der Waals surface area contributed by atoms with Crippen LogP contribution in [0.4, 0.5) is 11.8 Å². The lowest BCUT2D eigenvalue weighted by Crippen LogP contribution is -2.46. The second-order valence-corrected chi connectivity index (χ2v) is 5.36. The highest BCUT2D eigenvalue weighted by Gasteiger charge is 2.19. The number of hydrogen-bond donors (Lipinski definition) is 1. The fourth-order valence-electron chi connectivity index (χ4n) is 2.61. The van der Waals surface area contributed by atoms with Gasteiger partial charge in [-0.25, -0.2) is 4.98 Å². The highest BCUT2D eigenvalue weighted by Crippen LogP contribution is 2.14. The normalized spacial score (nSPS) is 15.8. The van der Waals surface area contributed by atoms with Crippen LogP contribution in [0.25, 0.3) is 0 Å². The average Bonchev–Trinajstić information content (AvgIpc) is 2.57. The lowest BCUT2D eigenvalue weighted by molar-refractivity contribution is 0.246. The van der Waals surface area contributed by atoms with E-state index < -0.39 is 0 Å². The minimum absolute atomic E-state index is 0.816. The van der Waals surface area contributed by atoms with Gasteiger partial charge in [0.05, 0.1) is 5.69 Å². The van der Waals surface area contributed by atoms with Crippen LogP contribution in [0.1, 0.15) is 12.6 Å². The van der Waals surface area contributed by atoms with E-state index in [-0.39, 0.29) is 0 Å². The number of nitrogens with zero attached hydrogens (tertiary/aromatic N) is 5. The minimum Gasteiger partial charge on any atom is -0.370 e. The van der Waals surface area contributed by atoms with Crippen LogP contribution in [0.15, 0.2) is 36.7 Å². The zero-order chi connectivity index (χ0) is 15.2. The molecule has 1 saturated heterocycles. The number of rotatable bonds is 5. The van der Waals surface area contributed by atoms with Gasteiger partial charge < -0.3 is 10.2 Å². The Balaban J connectivity index is 1.56. The molecule has 0 unspecified atom stereocenters. The molecule has 0 aliphatic carbocycles. The fourth-order valence-corrected chi connectivity index (χ4v) is 2.61. The molecular weight excluding hydrogens is 276 g/mol. The van der Waals surface area contributed by atoms with Gasteiger partial charge in [0.15, 0.2) is 0 Å². The molecule has 3 heterocycles. The van der Waals surface area contributed by atoms with Gasteiger partial charge in [-0.05, 0) is 25.1 Å². The van der Waals surface area contributed by atoms with Crippen LogP contribution in [0, 0.1) is 0 Å². The van der Waals surface area contributed by atoms with Crippen LogP contribution in [0.3, 0.4) is 0 Å². The predicted molar refractivity (Wildman–Crippen MR) is 87.9 cm³/mol. The Morgan fingerprint density at radius 1 is 1.05 bits per heavy atom. The number of piperazine rings is 1. The van der Waals surface area contributed by atoms with E-state index in [1.165, 1.54) is 0 Å². The summed E-state index contributed by atoms with van der Waals surface area (Å²) in [6, 6.07) is 7.98. The van der Waals surface area contributed by atoms with E-state index in [1.807, 2.05) is 30.6 Å². The Morgan fingerprint density at radius 3 is 2.64 bits per heavy atom. The van der Waals surface area contributed by atoms with Gasteiger partial charge in [-0.15, -0.1) is 0 Å². The number of hydrogen-bond acceptors (Lipinski definition) is 6. The Labute approximate surface area is 131 Å². The van der Waals surface area contributed by atoms with Crippen molar-refractivity contribution in [2.45, 2.75) is 13.5 Å². The van der Waals surface area contributed by atoms with Gasteiger partial charge in [0.1, 0.15) is 5.82 Å². The molecule has 0 radical (unpaired) electrons. The van der Waals surface area contributed by atoms with E-state index >= 15 is 0 Å². The van der Waals surface area contributed by atoms with Crippen molar-refractivity contribution >= 4 is 11.8 Å². The third-order valence-corrected chi connectivity index (χ3v) is 3.77. The molecule has 0 spiro atoms. The molecule has 3 rings (SSSR count). The molecule has 1 N–H and O–H groups in total. The van der Waals surface area contributed by atoms with E-state index in [1.54, 1.807) is 0 Å². The predicted octanol–water partition coefficient (Wildman–Crippen LogP) is 1.63. The van der Waals surface area contributed by atoms with E-state index in [4.69, 9.17) is 0 Å². The summed E-state index contributed by atoms with van der Waals surface area (Å²) in [5, 5.41) is 3.23. The molecule has 22 heavy (non-hydrogen) atoms. The number of anilines is 2. The second kappa shape index (κ2) is 7.17. The molecule has 0 atom stereocenters. The molecule has 2 aromatic rings. The smallest absolute Gasteiger partial charge is 0.227 e. The van der Waals surface area contributed by atoms with Crippen LogP contribution in [-0.4, -0.2) is 52.6 Å². The molecule has 116 valence electrons. The second-order valence-electron chi connectivity index (χ2n) is 5.36. The number of pyridine rings is 1. The largest absolute Gasteiger partial charge is 0.370 e. The van der Waals surface area contributed by atoms with Gasteiger partial charge in [-0.3, -0.25) is 9.88 Å². The van der Waals surface area contributed by atoms with E-state index in [2.05, 4.69) is 43.1 Å². The standard InChI is InChI=1S/C16H22N6/c1-2-17-15-6-8-19-16(20-15)22-11-9-21(10-12-22)13-14-5-3-4-7-18-14/h3-8H,2,9-13H2,1H3,(H,17,19,20). The maximum Gasteiger partial charge on any atom is 0.227 e. The van der Waals surface area contributed by atoms with Crippen molar-refractivity contribution in [3.05, 3.63) is 42.4 Å². The molecule has 0 saturated carbocycles. The Kier molecular flexibility index (Phi) is 4.80.